The van der Waals surface area contributed by atoms with Crippen LogP contribution in [0.4, 0.5) is 0 Å². The molecule has 1 atom stereocenters. The second kappa shape index (κ2) is 3.46. The van der Waals surface area contributed by atoms with Crippen LogP contribution >= 0.6 is 0 Å². The summed E-state index contributed by atoms with van der Waals surface area (Å²) in [5.41, 5.74) is 1.69. The SMILES string of the molecule is N#Cc1cnc2c(c1)CC1(CN3CCC1CC3)O2. The highest BCUT2D eigenvalue weighted by atomic mass is 16.5. The number of rotatable bonds is 0. The van der Waals surface area contributed by atoms with E-state index in [0.717, 1.165) is 24.4 Å². The second-order valence-electron chi connectivity index (χ2n) is 5.69. The summed E-state index contributed by atoms with van der Waals surface area (Å²) in [6.45, 7) is 3.45. The molecule has 0 radical (unpaired) electrons. The van der Waals surface area contributed by atoms with E-state index >= 15 is 0 Å². The fourth-order valence-electron chi connectivity index (χ4n) is 3.77. The van der Waals surface area contributed by atoms with Crippen LogP contribution in [0.1, 0.15) is 24.0 Å². The van der Waals surface area contributed by atoms with Gasteiger partial charge in [0.05, 0.1) is 5.56 Å². The van der Waals surface area contributed by atoms with Crippen LogP contribution < -0.4 is 4.74 Å². The van der Waals surface area contributed by atoms with Crippen molar-refractivity contribution in [3.8, 4) is 11.9 Å². The summed E-state index contributed by atoms with van der Waals surface area (Å²) >= 11 is 0. The van der Waals surface area contributed by atoms with E-state index in [1.54, 1.807) is 6.20 Å². The minimum absolute atomic E-state index is 0.0556. The van der Waals surface area contributed by atoms with Gasteiger partial charge in [-0.05, 0) is 32.0 Å². The monoisotopic (exact) mass is 241 g/mol. The summed E-state index contributed by atoms with van der Waals surface area (Å²) in [5.74, 6) is 1.41. The van der Waals surface area contributed by atoms with Crippen LogP contribution in [0, 0.1) is 17.2 Å². The average Bonchev–Trinajstić information content (AvgIpc) is 2.76. The van der Waals surface area contributed by atoms with Gasteiger partial charge in [-0.3, -0.25) is 4.90 Å². The van der Waals surface area contributed by atoms with Crippen molar-refractivity contribution < 1.29 is 4.74 Å². The average molecular weight is 241 g/mol. The van der Waals surface area contributed by atoms with Crippen LogP contribution in [0.2, 0.25) is 0 Å². The first-order valence-corrected chi connectivity index (χ1v) is 6.59. The molecule has 3 saturated heterocycles. The Morgan fingerprint density at radius 3 is 2.94 bits per heavy atom. The number of ether oxygens (including phenoxy) is 1. The number of nitrogens with zero attached hydrogens (tertiary/aromatic N) is 3. The highest BCUT2D eigenvalue weighted by Gasteiger charge is 2.52. The standard InChI is InChI=1S/C14H15N3O/c15-7-10-5-11-6-14(18-13(11)16-8-10)9-17-3-1-12(14)2-4-17/h5,8,12H,1-4,6,9H2. The molecular weight excluding hydrogens is 226 g/mol. The van der Waals surface area contributed by atoms with E-state index in [4.69, 9.17) is 10.00 Å². The lowest BCUT2D eigenvalue weighted by atomic mass is 9.73. The topological polar surface area (TPSA) is 49.2 Å². The summed E-state index contributed by atoms with van der Waals surface area (Å²) in [5, 5.41) is 8.94. The molecular formula is C14H15N3O. The number of pyridine rings is 1. The van der Waals surface area contributed by atoms with Crippen molar-refractivity contribution in [1.29, 1.82) is 5.26 Å². The summed E-state index contributed by atoms with van der Waals surface area (Å²) in [6.07, 6.45) is 5.00. The Labute approximate surface area is 106 Å². The number of nitriles is 1. The predicted molar refractivity (Wildman–Crippen MR) is 65.2 cm³/mol. The van der Waals surface area contributed by atoms with E-state index in [-0.39, 0.29) is 5.60 Å². The van der Waals surface area contributed by atoms with E-state index in [9.17, 15) is 0 Å². The van der Waals surface area contributed by atoms with Gasteiger partial charge in [-0.25, -0.2) is 4.98 Å². The minimum Gasteiger partial charge on any atom is -0.469 e. The molecule has 0 aromatic carbocycles. The molecule has 5 heterocycles. The molecule has 0 N–H and O–H groups in total. The molecule has 0 amide bonds. The summed E-state index contributed by atoms with van der Waals surface area (Å²) in [6, 6.07) is 4.09. The lowest BCUT2D eigenvalue weighted by molar-refractivity contribution is -0.0814. The van der Waals surface area contributed by atoms with Gasteiger partial charge in [0.25, 0.3) is 0 Å². The molecule has 4 aliphatic rings. The highest BCUT2D eigenvalue weighted by Crippen LogP contribution is 2.45. The first-order chi connectivity index (χ1) is 8.79. The number of hydrogen-bond acceptors (Lipinski definition) is 4. The molecule has 0 saturated carbocycles. The molecule has 1 spiro atoms. The first-order valence-electron chi connectivity index (χ1n) is 6.59. The van der Waals surface area contributed by atoms with Gasteiger partial charge in [0, 0.05) is 30.6 Å². The van der Waals surface area contributed by atoms with Gasteiger partial charge in [-0.2, -0.15) is 5.26 Å². The molecule has 1 aromatic rings. The Bertz CT molecular complexity index is 542. The van der Waals surface area contributed by atoms with E-state index in [2.05, 4.69) is 16.0 Å². The fraction of sp³-hybridized carbons (Fsp3) is 0.571. The predicted octanol–water partition coefficient (Wildman–Crippen LogP) is 1.35. The zero-order chi connectivity index (χ0) is 12.2. The van der Waals surface area contributed by atoms with Gasteiger partial charge < -0.3 is 4.74 Å². The van der Waals surface area contributed by atoms with E-state index in [1.165, 1.54) is 25.9 Å². The van der Waals surface area contributed by atoms with Crippen LogP contribution in [0.5, 0.6) is 5.88 Å². The highest BCUT2D eigenvalue weighted by molar-refractivity contribution is 5.40. The number of fused-ring (bicyclic) bond motifs is 3. The van der Waals surface area contributed by atoms with Crippen LogP contribution in [0.15, 0.2) is 12.3 Å². The van der Waals surface area contributed by atoms with Crippen LogP contribution in [0.25, 0.3) is 0 Å². The van der Waals surface area contributed by atoms with Gasteiger partial charge in [-0.1, -0.05) is 0 Å². The molecule has 5 rings (SSSR count). The maximum atomic E-state index is 8.94. The van der Waals surface area contributed by atoms with Crippen molar-refractivity contribution in [3.63, 3.8) is 0 Å². The zero-order valence-corrected chi connectivity index (χ0v) is 10.2. The number of piperidine rings is 3. The molecule has 4 aliphatic heterocycles. The van der Waals surface area contributed by atoms with Crippen molar-refractivity contribution >= 4 is 0 Å². The zero-order valence-electron chi connectivity index (χ0n) is 10.2. The van der Waals surface area contributed by atoms with Crippen molar-refractivity contribution in [2.75, 3.05) is 19.6 Å². The summed E-state index contributed by atoms with van der Waals surface area (Å²) in [4.78, 5) is 6.80. The molecule has 1 unspecified atom stereocenters. The molecule has 1 aromatic heterocycles. The number of hydrogen-bond donors (Lipinski definition) is 0. The Morgan fingerprint density at radius 2 is 2.28 bits per heavy atom. The third kappa shape index (κ3) is 1.31. The van der Waals surface area contributed by atoms with Gasteiger partial charge in [-0.15, -0.1) is 0 Å². The summed E-state index contributed by atoms with van der Waals surface area (Å²) < 4.78 is 6.21. The smallest absolute Gasteiger partial charge is 0.217 e. The Kier molecular flexibility index (Phi) is 1.98. The van der Waals surface area contributed by atoms with Gasteiger partial charge in [0.15, 0.2) is 0 Å². The lowest BCUT2D eigenvalue weighted by Gasteiger charge is -2.50. The number of aromatic nitrogens is 1. The van der Waals surface area contributed by atoms with Gasteiger partial charge in [0.1, 0.15) is 11.7 Å². The van der Waals surface area contributed by atoms with Gasteiger partial charge in [0.2, 0.25) is 5.88 Å². The van der Waals surface area contributed by atoms with Crippen LogP contribution in [-0.4, -0.2) is 35.1 Å². The molecule has 0 aliphatic carbocycles. The third-order valence-electron chi connectivity index (χ3n) is 4.67. The quantitative estimate of drug-likeness (QED) is 0.688. The van der Waals surface area contributed by atoms with Crippen molar-refractivity contribution in [1.82, 2.24) is 9.88 Å². The lowest BCUT2D eigenvalue weighted by Crippen LogP contribution is -2.61. The Balaban J connectivity index is 1.70. The molecule has 18 heavy (non-hydrogen) atoms. The van der Waals surface area contributed by atoms with Crippen molar-refractivity contribution in [2.45, 2.75) is 24.9 Å². The van der Waals surface area contributed by atoms with Crippen LogP contribution in [-0.2, 0) is 6.42 Å². The minimum atomic E-state index is -0.0556. The molecule has 4 nitrogen and oxygen atoms in total. The van der Waals surface area contributed by atoms with Crippen LogP contribution in [0.3, 0.4) is 0 Å². The fourth-order valence-corrected chi connectivity index (χ4v) is 3.77. The molecule has 3 fully saturated rings. The van der Waals surface area contributed by atoms with E-state index < -0.39 is 0 Å². The largest absolute Gasteiger partial charge is 0.469 e. The Hall–Kier alpha value is -1.60. The molecule has 4 heteroatoms. The van der Waals surface area contributed by atoms with E-state index in [0.29, 0.717) is 11.5 Å². The van der Waals surface area contributed by atoms with E-state index in [1.807, 2.05) is 6.07 Å². The van der Waals surface area contributed by atoms with Crippen molar-refractivity contribution in [3.05, 3.63) is 23.4 Å². The normalized spacial score (nSPS) is 36.2. The molecule has 2 bridgehead atoms. The van der Waals surface area contributed by atoms with Crippen molar-refractivity contribution in [2.24, 2.45) is 5.92 Å². The maximum absolute atomic E-state index is 8.94. The molecule has 92 valence electrons. The third-order valence-corrected chi connectivity index (χ3v) is 4.67. The first kappa shape index (κ1) is 10.3. The summed E-state index contributed by atoms with van der Waals surface area (Å²) in [7, 11) is 0. The van der Waals surface area contributed by atoms with Gasteiger partial charge >= 0.3 is 0 Å². The maximum Gasteiger partial charge on any atom is 0.217 e. The second-order valence-corrected chi connectivity index (χ2v) is 5.69. The Morgan fingerprint density at radius 1 is 1.44 bits per heavy atom.